The maximum absolute atomic E-state index is 10.7. The maximum Gasteiger partial charge on any atom is 0.342 e. The minimum absolute atomic E-state index is 0.0418. The summed E-state index contributed by atoms with van der Waals surface area (Å²) >= 11 is 0. The average Bonchev–Trinajstić information content (AvgIpc) is 2.64. The molecule has 7 nitrogen and oxygen atoms in total. The van der Waals surface area contributed by atoms with E-state index in [9.17, 15) is 10.1 Å². The van der Waals surface area contributed by atoms with Gasteiger partial charge in [-0.15, -0.1) is 0 Å². The number of rotatable bonds is 2. The maximum atomic E-state index is 10.7. The molecule has 0 radical (unpaired) electrons. The van der Waals surface area contributed by atoms with E-state index in [-0.39, 0.29) is 5.82 Å². The van der Waals surface area contributed by atoms with Crippen LogP contribution in [0.25, 0.3) is 6.08 Å². The molecule has 1 saturated heterocycles. The molecule has 0 bridgehead atoms. The van der Waals surface area contributed by atoms with Gasteiger partial charge in [-0.2, -0.15) is 0 Å². The summed E-state index contributed by atoms with van der Waals surface area (Å²) in [6.45, 7) is 4.56. The van der Waals surface area contributed by atoms with Gasteiger partial charge in [0.2, 0.25) is 5.82 Å². The first-order valence-corrected chi connectivity index (χ1v) is 5.52. The molecule has 0 aliphatic carbocycles. The van der Waals surface area contributed by atoms with Gasteiger partial charge in [-0.3, -0.25) is 0 Å². The van der Waals surface area contributed by atoms with Crippen molar-refractivity contribution in [1.29, 1.82) is 0 Å². The fourth-order valence-electron chi connectivity index (χ4n) is 1.60. The van der Waals surface area contributed by atoms with Crippen LogP contribution < -0.4 is 0 Å². The molecule has 2 rings (SSSR count). The summed E-state index contributed by atoms with van der Waals surface area (Å²) in [5.41, 5.74) is 0.901. The third kappa shape index (κ3) is 2.57. The second kappa shape index (κ2) is 4.51. The van der Waals surface area contributed by atoms with Crippen LogP contribution in [0.2, 0.25) is 0 Å². The molecule has 0 aromatic carbocycles. The Balaban J connectivity index is 2.17. The molecule has 98 valence electrons. The van der Waals surface area contributed by atoms with Gasteiger partial charge in [0.25, 0.3) is 0 Å². The Morgan fingerprint density at radius 3 is 2.61 bits per heavy atom. The van der Waals surface area contributed by atoms with Gasteiger partial charge < -0.3 is 19.6 Å². The normalized spacial score (nSPS) is 18.7. The van der Waals surface area contributed by atoms with Crippen LogP contribution >= 0.6 is 0 Å². The minimum atomic E-state index is -0.578. The van der Waals surface area contributed by atoms with Gasteiger partial charge in [0.05, 0.1) is 20.3 Å². The topological polar surface area (TPSA) is 79.4 Å². The first-order valence-electron chi connectivity index (χ1n) is 5.52. The fourth-order valence-corrected chi connectivity index (χ4v) is 1.60. The number of imidazole rings is 1. The van der Waals surface area contributed by atoms with Gasteiger partial charge in [0.15, 0.2) is 5.79 Å². The zero-order valence-electron chi connectivity index (χ0n) is 10.5. The monoisotopic (exact) mass is 253 g/mol. The lowest BCUT2D eigenvalue weighted by Gasteiger charge is -2.31. The van der Waals surface area contributed by atoms with Crippen LogP contribution in [-0.4, -0.2) is 33.5 Å². The Bertz CT molecular complexity index is 492. The number of aromatic nitrogens is 2. The Hall–Kier alpha value is -1.73. The Kier molecular flexibility index (Phi) is 3.18. The van der Waals surface area contributed by atoms with Crippen LogP contribution in [0.15, 0.2) is 11.8 Å². The van der Waals surface area contributed by atoms with Crippen LogP contribution in [-0.2, 0) is 16.5 Å². The summed E-state index contributed by atoms with van der Waals surface area (Å²) in [4.78, 5) is 14.2. The molecule has 1 fully saturated rings. The Morgan fingerprint density at radius 2 is 2.11 bits per heavy atom. The summed E-state index contributed by atoms with van der Waals surface area (Å²) in [5.74, 6) is -0.103. The molecule has 1 aliphatic heterocycles. The summed E-state index contributed by atoms with van der Waals surface area (Å²) in [5, 5.41) is 10.7. The van der Waals surface area contributed by atoms with E-state index in [0.29, 0.717) is 19.0 Å². The zero-order valence-corrected chi connectivity index (χ0v) is 10.5. The lowest BCUT2D eigenvalue weighted by molar-refractivity contribution is -0.391. The predicted octanol–water partition coefficient (Wildman–Crippen LogP) is 1.49. The quantitative estimate of drug-likeness (QED) is 0.589. The Morgan fingerprint density at radius 1 is 1.50 bits per heavy atom. The molecule has 0 unspecified atom stereocenters. The first-order chi connectivity index (χ1) is 8.39. The fraction of sp³-hybridized carbons (Fsp3) is 0.545. The second-order valence-corrected chi connectivity index (χ2v) is 4.57. The van der Waals surface area contributed by atoms with Crippen molar-refractivity contribution >= 4 is 11.9 Å². The van der Waals surface area contributed by atoms with Gasteiger partial charge >= 0.3 is 5.82 Å². The SMILES string of the molecule is Cn1c([N+](=O)[O-])cnc1C=C1COC(C)(C)OC1. The van der Waals surface area contributed by atoms with Crippen molar-refractivity contribution in [3.05, 3.63) is 27.7 Å². The molecule has 1 aliphatic rings. The second-order valence-electron chi connectivity index (χ2n) is 4.57. The third-order valence-electron chi connectivity index (χ3n) is 2.73. The highest BCUT2D eigenvalue weighted by atomic mass is 16.7. The first kappa shape index (κ1) is 12.7. The van der Waals surface area contributed by atoms with Crippen molar-refractivity contribution in [2.45, 2.75) is 19.6 Å². The third-order valence-corrected chi connectivity index (χ3v) is 2.73. The van der Waals surface area contributed by atoms with Gasteiger partial charge in [-0.05, 0) is 24.3 Å². The van der Waals surface area contributed by atoms with Gasteiger partial charge in [-0.25, -0.2) is 9.55 Å². The van der Waals surface area contributed by atoms with Crippen molar-refractivity contribution < 1.29 is 14.4 Å². The molecule has 1 aromatic rings. The molecule has 1 aromatic heterocycles. The number of nitrogens with zero attached hydrogens (tertiary/aromatic N) is 3. The molecule has 0 saturated carbocycles. The highest BCUT2D eigenvalue weighted by Gasteiger charge is 2.25. The largest absolute Gasteiger partial charge is 0.358 e. The lowest BCUT2D eigenvalue weighted by atomic mass is 10.2. The van der Waals surface area contributed by atoms with Crippen molar-refractivity contribution in [3.8, 4) is 0 Å². The number of hydrogen-bond acceptors (Lipinski definition) is 5. The van der Waals surface area contributed by atoms with Gasteiger partial charge in [0.1, 0.15) is 6.20 Å². The molecule has 0 amide bonds. The van der Waals surface area contributed by atoms with E-state index in [1.165, 1.54) is 10.8 Å². The van der Waals surface area contributed by atoms with E-state index >= 15 is 0 Å². The highest BCUT2D eigenvalue weighted by Crippen LogP contribution is 2.22. The number of nitro groups is 1. The van der Waals surface area contributed by atoms with Gasteiger partial charge in [-0.1, -0.05) is 0 Å². The van der Waals surface area contributed by atoms with Crippen LogP contribution in [0.3, 0.4) is 0 Å². The summed E-state index contributed by atoms with van der Waals surface area (Å²) in [6, 6.07) is 0. The van der Waals surface area contributed by atoms with Crippen molar-refractivity contribution in [3.63, 3.8) is 0 Å². The summed E-state index contributed by atoms with van der Waals surface area (Å²) in [7, 11) is 1.60. The lowest BCUT2D eigenvalue weighted by Crippen LogP contribution is -2.35. The van der Waals surface area contributed by atoms with E-state index in [1.807, 2.05) is 13.8 Å². The zero-order chi connectivity index (χ0) is 13.3. The molecular weight excluding hydrogens is 238 g/mol. The van der Waals surface area contributed by atoms with E-state index in [0.717, 1.165) is 5.57 Å². The summed E-state index contributed by atoms with van der Waals surface area (Å²) < 4.78 is 12.4. The van der Waals surface area contributed by atoms with E-state index in [2.05, 4.69) is 4.98 Å². The highest BCUT2D eigenvalue weighted by molar-refractivity contribution is 5.48. The van der Waals surface area contributed by atoms with E-state index < -0.39 is 10.7 Å². The van der Waals surface area contributed by atoms with Crippen LogP contribution in [0.5, 0.6) is 0 Å². The molecule has 0 atom stereocenters. The van der Waals surface area contributed by atoms with Crippen molar-refractivity contribution in [1.82, 2.24) is 9.55 Å². The van der Waals surface area contributed by atoms with Crippen molar-refractivity contribution in [2.24, 2.45) is 7.05 Å². The molecule has 18 heavy (non-hydrogen) atoms. The smallest absolute Gasteiger partial charge is 0.342 e. The molecule has 7 heteroatoms. The van der Waals surface area contributed by atoms with E-state index in [4.69, 9.17) is 9.47 Å². The van der Waals surface area contributed by atoms with Gasteiger partial charge in [0, 0.05) is 6.08 Å². The molecule has 0 N–H and O–H groups in total. The van der Waals surface area contributed by atoms with Crippen LogP contribution in [0, 0.1) is 10.1 Å². The van der Waals surface area contributed by atoms with Crippen LogP contribution in [0.4, 0.5) is 5.82 Å². The predicted molar refractivity (Wildman–Crippen MR) is 63.8 cm³/mol. The standard InChI is InChI=1S/C11H15N3O4/c1-11(2)17-6-8(7-18-11)4-9-12-5-10(13(9)3)14(15)16/h4-5H,6-7H2,1-3H3. The minimum Gasteiger partial charge on any atom is -0.358 e. The van der Waals surface area contributed by atoms with E-state index in [1.54, 1.807) is 13.1 Å². The molecular formula is C11H15N3O4. The van der Waals surface area contributed by atoms with Crippen LogP contribution in [0.1, 0.15) is 19.7 Å². The van der Waals surface area contributed by atoms with Crippen molar-refractivity contribution in [2.75, 3.05) is 13.2 Å². The summed E-state index contributed by atoms with van der Waals surface area (Å²) in [6.07, 6.45) is 2.99. The number of ether oxygens (including phenoxy) is 2. The molecule has 0 spiro atoms. The average molecular weight is 253 g/mol. The Labute approximate surface area is 104 Å². The number of hydrogen-bond donors (Lipinski definition) is 0. The molecule has 2 heterocycles.